The van der Waals surface area contributed by atoms with Crippen molar-refractivity contribution in [2.45, 2.75) is 13.8 Å². The molecule has 0 atom stereocenters. The molecule has 2 aromatic heterocycles. The van der Waals surface area contributed by atoms with Crippen LogP contribution in [0.1, 0.15) is 11.3 Å². The first-order chi connectivity index (χ1) is 9.15. The van der Waals surface area contributed by atoms with Crippen molar-refractivity contribution in [1.29, 1.82) is 0 Å². The summed E-state index contributed by atoms with van der Waals surface area (Å²) >= 11 is 1.26. The molecule has 3 aromatic rings. The number of benzene rings is 1. The van der Waals surface area contributed by atoms with E-state index in [-0.39, 0.29) is 11.6 Å². The number of aromatic hydroxyl groups is 1. The number of rotatable bonds is 2. The van der Waals surface area contributed by atoms with Crippen molar-refractivity contribution in [3.8, 4) is 5.95 Å². The van der Waals surface area contributed by atoms with Gasteiger partial charge >= 0.3 is 5.95 Å². The monoisotopic (exact) mass is 274 g/mol. The van der Waals surface area contributed by atoms with Crippen molar-refractivity contribution >= 4 is 33.1 Å². The number of azo groups is 1. The summed E-state index contributed by atoms with van der Waals surface area (Å²) in [4.78, 5) is 0. The highest BCUT2D eigenvalue weighted by Crippen LogP contribution is 2.35. The van der Waals surface area contributed by atoms with Crippen LogP contribution in [0, 0.1) is 13.8 Å². The maximum atomic E-state index is 9.42. The van der Waals surface area contributed by atoms with Crippen LogP contribution in [0.2, 0.25) is 0 Å². The predicted molar refractivity (Wildman–Crippen MR) is 71.4 cm³/mol. The molecule has 1 N–H and O–H groups in total. The Labute approximate surface area is 112 Å². The number of nitrogens with zero attached hydrogens (tertiary/aromatic N) is 4. The molecule has 0 unspecified atom stereocenters. The summed E-state index contributed by atoms with van der Waals surface area (Å²) < 4.78 is 8.90. The van der Waals surface area contributed by atoms with E-state index in [1.54, 1.807) is 6.92 Å². The van der Waals surface area contributed by atoms with Crippen LogP contribution in [0.25, 0.3) is 10.9 Å². The van der Waals surface area contributed by atoms with Crippen LogP contribution in [0.5, 0.6) is 5.95 Å². The fourth-order valence-corrected chi connectivity index (χ4v) is 2.36. The van der Waals surface area contributed by atoms with Gasteiger partial charge in [0, 0.05) is 5.39 Å². The van der Waals surface area contributed by atoms with E-state index in [4.69, 9.17) is 0 Å². The van der Waals surface area contributed by atoms with E-state index in [0.717, 1.165) is 16.5 Å². The smallest absolute Gasteiger partial charge is 0.337 e. The van der Waals surface area contributed by atoms with Crippen LogP contribution in [0.4, 0.5) is 10.7 Å². The molecule has 7 heteroatoms. The highest BCUT2D eigenvalue weighted by atomic mass is 32.1. The zero-order valence-corrected chi connectivity index (χ0v) is 11.1. The maximum Gasteiger partial charge on any atom is 0.337 e. The van der Waals surface area contributed by atoms with Crippen molar-refractivity contribution in [1.82, 2.24) is 9.53 Å². The van der Waals surface area contributed by atoms with Crippen molar-refractivity contribution in [2.75, 3.05) is 0 Å². The van der Waals surface area contributed by atoms with Crippen molar-refractivity contribution in [2.24, 2.45) is 10.2 Å². The Morgan fingerprint density at radius 2 is 2.11 bits per heavy atom. The van der Waals surface area contributed by atoms with Gasteiger partial charge in [-0.1, -0.05) is 16.8 Å². The molecule has 0 saturated carbocycles. The van der Waals surface area contributed by atoms with Gasteiger partial charge in [-0.15, -0.1) is 10.2 Å². The Morgan fingerprint density at radius 3 is 2.84 bits per heavy atom. The maximum absolute atomic E-state index is 9.42. The molecule has 19 heavy (non-hydrogen) atoms. The molecule has 6 nitrogen and oxygen atoms in total. The molecule has 3 rings (SSSR count). The molecule has 96 valence electrons. The van der Waals surface area contributed by atoms with Gasteiger partial charge in [-0.25, -0.2) is 0 Å². The van der Waals surface area contributed by atoms with E-state index in [1.165, 1.54) is 11.5 Å². The molecule has 0 fully saturated rings. The van der Waals surface area contributed by atoms with Gasteiger partial charge < -0.3 is 9.63 Å². The van der Waals surface area contributed by atoms with Gasteiger partial charge in [0.15, 0.2) is 10.7 Å². The molecule has 2 heterocycles. The topological polar surface area (TPSA) is 83.9 Å². The fraction of sp³-hybridized carbons (Fsp3) is 0.167. The lowest BCUT2D eigenvalue weighted by Gasteiger charge is -1.92. The Bertz CT molecular complexity index is 756. The van der Waals surface area contributed by atoms with Crippen LogP contribution in [-0.2, 0) is 0 Å². The first-order valence-electron chi connectivity index (χ1n) is 5.58. The second-order valence-electron chi connectivity index (χ2n) is 4.13. The molecule has 0 aliphatic rings. The zero-order chi connectivity index (χ0) is 13.4. The average Bonchev–Trinajstić information content (AvgIpc) is 2.92. The van der Waals surface area contributed by atoms with Crippen molar-refractivity contribution < 1.29 is 9.63 Å². The van der Waals surface area contributed by atoms with Gasteiger partial charge in [0.25, 0.3) is 0 Å². The molecule has 0 saturated heterocycles. The summed E-state index contributed by atoms with van der Waals surface area (Å²) in [5.41, 5.74) is 2.75. The Kier molecular flexibility index (Phi) is 2.75. The van der Waals surface area contributed by atoms with E-state index < -0.39 is 0 Å². The third-order valence-corrected chi connectivity index (χ3v) is 3.43. The highest BCUT2D eigenvalue weighted by Gasteiger charge is 2.11. The second-order valence-corrected chi connectivity index (χ2v) is 4.88. The third-order valence-electron chi connectivity index (χ3n) is 2.67. The van der Waals surface area contributed by atoms with E-state index in [0.29, 0.717) is 10.7 Å². The van der Waals surface area contributed by atoms with Gasteiger partial charge in [-0.3, -0.25) is 0 Å². The lowest BCUT2D eigenvalue weighted by Crippen LogP contribution is -1.71. The van der Waals surface area contributed by atoms with Gasteiger partial charge in [0.1, 0.15) is 5.69 Å². The molecule has 1 aromatic carbocycles. The first kappa shape index (κ1) is 11.8. The van der Waals surface area contributed by atoms with Crippen LogP contribution in [0.15, 0.2) is 33.0 Å². The molecule has 0 bridgehead atoms. The molecule has 0 radical (unpaired) electrons. The van der Waals surface area contributed by atoms with Gasteiger partial charge in [-0.2, -0.15) is 4.37 Å². The molecular formula is C12H10N4O2S. The number of hydrogen-bond donors (Lipinski definition) is 1. The Hall–Kier alpha value is -2.28. The van der Waals surface area contributed by atoms with Gasteiger partial charge in [0.05, 0.1) is 5.52 Å². The van der Waals surface area contributed by atoms with Crippen molar-refractivity contribution in [3.05, 3.63) is 29.5 Å². The molecule has 0 aliphatic heterocycles. The summed E-state index contributed by atoms with van der Waals surface area (Å²) in [7, 11) is 0. The predicted octanol–water partition coefficient (Wildman–Crippen LogP) is 4.02. The summed E-state index contributed by atoms with van der Waals surface area (Å²) in [5, 5.41) is 22.8. The normalized spacial score (nSPS) is 11.7. The fourth-order valence-electron chi connectivity index (χ4n) is 1.68. The Balaban J connectivity index is 2.04. The van der Waals surface area contributed by atoms with E-state index in [9.17, 15) is 5.11 Å². The van der Waals surface area contributed by atoms with E-state index in [2.05, 4.69) is 24.3 Å². The number of fused-ring (bicyclic) bond motifs is 1. The summed E-state index contributed by atoms with van der Waals surface area (Å²) in [6.07, 6.45) is 0. The van der Waals surface area contributed by atoms with Crippen molar-refractivity contribution in [3.63, 3.8) is 0 Å². The second kappa shape index (κ2) is 4.43. The minimum Gasteiger partial charge on any atom is -0.478 e. The van der Waals surface area contributed by atoms with Crippen LogP contribution < -0.4 is 0 Å². The number of aromatic nitrogens is 2. The van der Waals surface area contributed by atoms with Crippen LogP contribution in [-0.4, -0.2) is 14.6 Å². The molecule has 0 amide bonds. The molecular weight excluding hydrogens is 264 g/mol. The Morgan fingerprint density at radius 1 is 1.26 bits per heavy atom. The largest absolute Gasteiger partial charge is 0.478 e. The summed E-state index contributed by atoms with van der Waals surface area (Å²) in [5.74, 6) is -0.328. The minimum atomic E-state index is -0.328. The lowest BCUT2D eigenvalue weighted by molar-refractivity contribution is 0.277. The summed E-state index contributed by atoms with van der Waals surface area (Å²) in [6.45, 7) is 3.69. The van der Waals surface area contributed by atoms with Crippen LogP contribution >= 0.6 is 11.5 Å². The van der Waals surface area contributed by atoms with E-state index in [1.807, 2.05) is 25.1 Å². The van der Waals surface area contributed by atoms with E-state index >= 15 is 0 Å². The minimum absolute atomic E-state index is 0.245. The first-order valence-corrected chi connectivity index (χ1v) is 6.35. The number of hydrogen-bond acceptors (Lipinski definition) is 7. The van der Waals surface area contributed by atoms with Crippen LogP contribution in [0.3, 0.4) is 0 Å². The quantitative estimate of drug-likeness (QED) is 0.715. The lowest BCUT2D eigenvalue weighted by atomic mass is 10.2. The molecule has 0 aliphatic carbocycles. The third kappa shape index (κ3) is 2.08. The average molecular weight is 274 g/mol. The SMILES string of the molecule is Cc1ccc2nsc(N=Nc3c(C)noc3O)c2c1. The van der Waals surface area contributed by atoms with Gasteiger partial charge in [-0.05, 0) is 37.5 Å². The van der Waals surface area contributed by atoms with Gasteiger partial charge in [0.2, 0.25) is 0 Å². The standard InChI is InChI=1S/C12H10N4O2S/c1-6-3-4-9-8(5-6)11(19-16-9)14-13-10-7(2)15-18-12(10)17/h3-5,17H,1-2H3. The zero-order valence-electron chi connectivity index (χ0n) is 10.3. The molecule has 0 spiro atoms. The number of aryl methyl sites for hydroxylation is 2. The highest BCUT2D eigenvalue weighted by molar-refractivity contribution is 7.11. The summed E-state index contributed by atoms with van der Waals surface area (Å²) in [6, 6.07) is 5.95.